The van der Waals surface area contributed by atoms with Gasteiger partial charge in [0.1, 0.15) is 5.60 Å². The number of amides is 2. The Morgan fingerprint density at radius 3 is 2.23 bits per heavy atom. The predicted molar refractivity (Wildman–Crippen MR) is 84.8 cm³/mol. The molecule has 1 aliphatic rings. The molecule has 22 heavy (non-hydrogen) atoms. The number of rotatable bonds is 5. The van der Waals surface area contributed by atoms with Crippen LogP contribution in [0.3, 0.4) is 0 Å². The van der Waals surface area contributed by atoms with Crippen molar-refractivity contribution in [2.45, 2.75) is 83.9 Å². The Labute approximate surface area is 133 Å². The standard InChI is InChI=1S/C16H30N2O4/c1-5-6-10-21-14(19)17-12-8-7-9-13(11-12)18-15(20)22-16(2,3)4/h12-13H,5-11H2,1-4H3,(H,17,19)(H,18,20)/t12-,13+/m1/s1. The maximum atomic E-state index is 11.8. The molecule has 1 rings (SSSR count). The molecule has 6 heteroatoms. The maximum absolute atomic E-state index is 11.8. The number of carbonyl (C=O) groups excluding carboxylic acids is 2. The summed E-state index contributed by atoms with van der Waals surface area (Å²) in [5.74, 6) is 0. The van der Waals surface area contributed by atoms with Gasteiger partial charge in [0.25, 0.3) is 0 Å². The van der Waals surface area contributed by atoms with Gasteiger partial charge >= 0.3 is 12.2 Å². The number of unbranched alkanes of at least 4 members (excludes halogenated alkanes) is 1. The van der Waals surface area contributed by atoms with Crippen molar-refractivity contribution in [3.05, 3.63) is 0 Å². The fourth-order valence-electron chi connectivity index (χ4n) is 2.44. The van der Waals surface area contributed by atoms with Crippen LogP contribution in [0.15, 0.2) is 0 Å². The molecular formula is C16H30N2O4. The van der Waals surface area contributed by atoms with Crippen molar-refractivity contribution in [3.63, 3.8) is 0 Å². The van der Waals surface area contributed by atoms with Gasteiger partial charge in [0, 0.05) is 12.1 Å². The minimum absolute atomic E-state index is 0.0320. The lowest BCUT2D eigenvalue weighted by Gasteiger charge is -2.30. The lowest BCUT2D eigenvalue weighted by molar-refractivity contribution is 0.0489. The highest BCUT2D eigenvalue weighted by molar-refractivity contribution is 5.68. The van der Waals surface area contributed by atoms with Gasteiger partial charge in [0.05, 0.1) is 6.61 Å². The van der Waals surface area contributed by atoms with Crippen LogP contribution in [0.5, 0.6) is 0 Å². The monoisotopic (exact) mass is 314 g/mol. The number of hydrogen-bond donors (Lipinski definition) is 2. The zero-order valence-corrected chi connectivity index (χ0v) is 14.2. The molecule has 0 unspecified atom stereocenters. The third-order valence-corrected chi connectivity index (χ3v) is 3.45. The van der Waals surface area contributed by atoms with E-state index in [4.69, 9.17) is 9.47 Å². The van der Waals surface area contributed by atoms with E-state index in [1.807, 2.05) is 20.8 Å². The van der Waals surface area contributed by atoms with Gasteiger partial charge in [-0.25, -0.2) is 9.59 Å². The van der Waals surface area contributed by atoms with Crippen molar-refractivity contribution in [2.75, 3.05) is 6.61 Å². The molecule has 0 saturated heterocycles. The van der Waals surface area contributed by atoms with Crippen molar-refractivity contribution < 1.29 is 19.1 Å². The van der Waals surface area contributed by atoms with E-state index in [2.05, 4.69) is 17.6 Å². The Kier molecular flexibility index (Phi) is 7.48. The SMILES string of the molecule is CCCCOC(=O)N[C@@H]1CCC[C@H](NC(=O)OC(C)(C)C)C1. The topological polar surface area (TPSA) is 76.7 Å². The number of carbonyl (C=O) groups is 2. The number of alkyl carbamates (subject to hydrolysis) is 2. The van der Waals surface area contributed by atoms with Crippen LogP contribution in [0.2, 0.25) is 0 Å². The Bertz CT molecular complexity index is 366. The molecule has 1 saturated carbocycles. The quantitative estimate of drug-likeness (QED) is 0.763. The first-order chi connectivity index (χ1) is 10.3. The van der Waals surface area contributed by atoms with Crippen LogP contribution in [0.25, 0.3) is 0 Å². The first-order valence-corrected chi connectivity index (χ1v) is 8.23. The Morgan fingerprint density at radius 1 is 1.09 bits per heavy atom. The van der Waals surface area contributed by atoms with Gasteiger partial charge in [-0.3, -0.25) is 0 Å². The molecule has 0 radical (unpaired) electrons. The van der Waals surface area contributed by atoms with E-state index >= 15 is 0 Å². The smallest absolute Gasteiger partial charge is 0.407 e. The molecule has 1 fully saturated rings. The molecule has 0 spiro atoms. The Balaban J connectivity index is 2.32. The van der Waals surface area contributed by atoms with Crippen LogP contribution < -0.4 is 10.6 Å². The Hall–Kier alpha value is -1.46. The largest absolute Gasteiger partial charge is 0.450 e. The summed E-state index contributed by atoms with van der Waals surface area (Å²) >= 11 is 0. The summed E-state index contributed by atoms with van der Waals surface area (Å²) in [4.78, 5) is 23.4. The number of nitrogens with one attached hydrogen (secondary N) is 2. The zero-order chi connectivity index (χ0) is 16.6. The van der Waals surface area contributed by atoms with Gasteiger partial charge in [-0.2, -0.15) is 0 Å². The summed E-state index contributed by atoms with van der Waals surface area (Å²) in [6, 6.07) is 0.0763. The first kappa shape index (κ1) is 18.6. The summed E-state index contributed by atoms with van der Waals surface area (Å²) in [5, 5.41) is 5.75. The van der Waals surface area contributed by atoms with Crippen molar-refractivity contribution >= 4 is 12.2 Å². The van der Waals surface area contributed by atoms with Crippen LogP contribution in [-0.4, -0.2) is 36.5 Å². The van der Waals surface area contributed by atoms with Crippen molar-refractivity contribution in [3.8, 4) is 0 Å². The Morgan fingerprint density at radius 2 is 1.68 bits per heavy atom. The highest BCUT2D eigenvalue weighted by Gasteiger charge is 2.26. The zero-order valence-electron chi connectivity index (χ0n) is 14.2. The molecule has 6 nitrogen and oxygen atoms in total. The van der Waals surface area contributed by atoms with Gasteiger partial charge in [-0.15, -0.1) is 0 Å². The second-order valence-electron chi connectivity index (χ2n) is 6.84. The van der Waals surface area contributed by atoms with Gasteiger partial charge < -0.3 is 20.1 Å². The molecule has 2 amide bonds. The molecule has 128 valence electrons. The second kappa shape index (κ2) is 8.86. The summed E-state index contributed by atoms with van der Waals surface area (Å²) < 4.78 is 10.4. The third kappa shape index (κ3) is 8.10. The summed E-state index contributed by atoms with van der Waals surface area (Å²) in [6.45, 7) is 8.02. The van der Waals surface area contributed by atoms with Crippen molar-refractivity contribution in [1.29, 1.82) is 0 Å². The van der Waals surface area contributed by atoms with Crippen LogP contribution in [0.1, 0.15) is 66.2 Å². The molecule has 2 atom stereocenters. The fourth-order valence-corrected chi connectivity index (χ4v) is 2.44. The van der Waals surface area contributed by atoms with E-state index in [0.717, 1.165) is 32.1 Å². The van der Waals surface area contributed by atoms with Gasteiger partial charge in [0.15, 0.2) is 0 Å². The first-order valence-electron chi connectivity index (χ1n) is 8.23. The van der Waals surface area contributed by atoms with Crippen molar-refractivity contribution in [1.82, 2.24) is 10.6 Å². The average molecular weight is 314 g/mol. The van der Waals surface area contributed by atoms with E-state index in [9.17, 15) is 9.59 Å². The number of ether oxygens (including phenoxy) is 2. The highest BCUT2D eigenvalue weighted by Crippen LogP contribution is 2.19. The minimum Gasteiger partial charge on any atom is -0.450 e. The van der Waals surface area contributed by atoms with E-state index in [0.29, 0.717) is 13.0 Å². The molecule has 0 aliphatic heterocycles. The molecule has 0 heterocycles. The molecule has 0 aromatic heterocycles. The highest BCUT2D eigenvalue weighted by atomic mass is 16.6. The normalized spacial score (nSPS) is 21.8. The van der Waals surface area contributed by atoms with E-state index in [1.165, 1.54) is 0 Å². The van der Waals surface area contributed by atoms with Crippen LogP contribution in [0.4, 0.5) is 9.59 Å². The average Bonchev–Trinajstić information content (AvgIpc) is 2.36. The summed E-state index contributed by atoms with van der Waals surface area (Å²) in [7, 11) is 0. The minimum atomic E-state index is -0.501. The second-order valence-corrected chi connectivity index (χ2v) is 6.84. The van der Waals surface area contributed by atoms with Crippen LogP contribution in [0, 0.1) is 0 Å². The van der Waals surface area contributed by atoms with Gasteiger partial charge in [0.2, 0.25) is 0 Å². The summed E-state index contributed by atoms with van der Waals surface area (Å²) in [5.41, 5.74) is -0.501. The number of hydrogen-bond acceptors (Lipinski definition) is 4. The van der Waals surface area contributed by atoms with E-state index in [-0.39, 0.29) is 18.2 Å². The third-order valence-electron chi connectivity index (χ3n) is 3.45. The maximum Gasteiger partial charge on any atom is 0.407 e. The van der Waals surface area contributed by atoms with Gasteiger partial charge in [-0.05, 0) is 52.9 Å². The molecule has 0 bridgehead atoms. The molecule has 1 aliphatic carbocycles. The molecular weight excluding hydrogens is 284 g/mol. The lowest BCUT2D eigenvalue weighted by Crippen LogP contribution is -2.47. The fraction of sp³-hybridized carbons (Fsp3) is 0.875. The molecule has 2 N–H and O–H groups in total. The van der Waals surface area contributed by atoms with Crippen LogP contribution in [-0.2, 0) is 9.47 Å². The van der Waals surface area contributed by atoms with Gasteiger partial charge in [-0.1, -0.05) is 13.3 Å². The van der Waals surface area contributed by atoms with E-state index in [1.54, 1.807) is 0 Å². The molecule has 0 aromatic carbocycles. The van der Waals surface area contributed by atoms with E-state index < -0.39 is 11.7 Å². The van der Waals surface area contributed by atoms with Crippen molar-refractivity contribution in [2.24, 2.45) is 0 Å². The lowest BCUT2D eigenvalue weighted by atomic mass is 9.91. The predicted octanol–water partition coefficient (Wildman–Crippen LogP) is 3.35. The molecule has 0 aromatic rings. The van der Waals surface area contributed by atoms with Crippen LogP contribution >= 0.6 is 0 Å². The summed E-state index contributed by atoms with van der Waals surface area (Å²) in [6.07, 6.45) is 4.60.